The lowest BCUT2D eigenvalue weighted by Gasteiger charge is -2.19. The Bertz CT molecular complexity index is 1000. The molecule has 5 heteroatoms. The highest BCUT2D eigenvalue weighted by atomic mass is 16.2. The summed E-state index contributed by atoms with van der Waals surface area (Å²) in [6, 6.07) is 24.2. The van der Waals surface area contributed by atoms with Gasteiger partial charge in [0, 0.05) is 23.2 Å². The Balaban J connectivity index is 1.79. The van der Waals surface area contributed by atoms with Gasteiger partial charge < -0.3 is 10.6 Å². The number of ketones is 1. The molecule has 0 spiro atoms. The molecule has 0 unspecified atom stereocenters. The summed E-state index contributed by atoms with van der Waals surface area (Å²) in [6.45, 7) is 1.47. The molecule has 2 N–H and O–H groups in total. The highest BCUT2D eigenvalue weighted by Crippen LogP contribution is 2.13. The fraction of sp³-hybridized carbons (Fsp3) is 0.125. The summed E-state index contributed by atoms with van der Waals surface area (Å²) in [7, 11) is 0. The van der Waals surface area contributed by atoms with E-state index in [9.17, 15) is 14.4 Å². The molecule has 3 aromatic rings. The van der Waals surface area contributed by atoms with Crippen LogP contribution in [-0.4, -0.2) is 23.6 Å². The van der Waals surface area contributed by atoms with Gasteiger partial charge in [-0.15, -0.1) is 0 Å². The number of carbonyl (C=O) groups is 3. The number of hydrogen-bond donors (Lipinski definition) is 2. The Hall–Kier alpha value is -3.73. The second kappa shape index (κ2) is 9.46. The van der Waals surface area contributed by atoms with Crippen molar-refractivity contribution in [2.45, 2.75) is 19.4 Å². The van der Waals surface area contributed by atoms with E-state index in [0.717, 1.165) is 5.56 Å². The molecule has 0 aromatic heterocycles. The van der Waals surface area contributed by atoms with Crippen LogP contribution in [0.5, 0.6) is 0 Å². The average Bonchev–Trinajstić information content (AvgIpc) is 2.74. The van der Waals surface area contributed by atoms with Gasteiger partial charge in [-0.3, -0.25) is 14.4 Å². The van der Waals surface area contributed by atoms with Gasteiger partial charge in [0.2, 0.25) is 5.91 Å². The van der Waals surface area contributed by atoms with Crippen molar-refractivity contribution in [1.29, 1.82) is 0 Å². The van der Waals surface area contributed by atoms with E-state index in [0.29, 0.717) is 23.2 Å². The van der Waals surface area contributed by atoms with Crippen molar-refractivity contribution in [2.75, 3.05) is 5.32 Å². The van der Waals surface area contributed by atoms with Crippen LogP contribution in [0.2, 0.25) is 0 Å². The van der Waals surface area contributed by atoms with Gasteiger partial charge in [-0.25, -0.2) is 0 Å². The first kappa shape index (κ1) is 20.0. The number of anilines is 1. The zero-order valence-electron chi connectivity index (χ0n) is 16.1. The largest absolute Gasteiger partial charge is 0.340 e. The number of rotatable bonds is 7. The highest BCUT2D eigenvalue weighted by Gasteiger charge is 2.22. The van der Waals surface area contributed by atoms with Gasteiger partial charge in [0.25, 0.3) is 5.91 Å². The maximum absolute atomic E-state index is 13.0. The smallest absolute Gasteiger partial charge is 0.251 e. The third-order valence-electron chi connectivity index (χ3n) is 4.48. The maximum Gasteiger partial charge on any atom is 0.251 e. The number of Topliss-reactive ketones (excluding diaryl/α,β-unsaturated/α-hetero) is 1. The zero-order valence-corrected chi connectivity index (χ0v) is 16.1. The molecule has 29 heavy (non-hydrogen) atoms. The fourth-order valence-electron chi connectivity index (χ4n) is 2.94. The molecule has 0 bridgehead atoms. The molecule has 1 atom stereocenters. The second-order valence-corrected chi connectivity index (χ2v) is 6.71. The van der Waals surface area contributed by atoms with E-state index in [1.807, 2.05) is 36.4 Å². The van der Waals surface area contributed by atoms with Crippen LogP contribution in [0.1, 0.15) is 33.2 Å². The molecule has 0 saturated heterocycles. The minimum Gasteiger partial charge on any atom is -0.340 e. The quantitative estimate of drug-likeness (QED) is 0.605. The van der Waals surface area contributed by atoms with Crippen LogP contribution in [0, 0.1) is 0 Å². The lowest BCUT2D eigenvalue weighted by atomic mass is 10.0. The Labute approximate surface area is 169 Å². The van der Waals surface area contributed by atoms with Crippen LogP contribution in [0.3, 0.4) is 0 Å². The summed E-state index contributed by atoms with van der Waals surface area (Å²) < 4.78 is 0. The van der Waals surface area contributed by atoms with Gasteiger partial charge in [-0.1, -0.05) is 60.7 Å². The monoisotopic (exact) mass is 386 g/mol. The highest BCUT2D eigenvalue weighted by molar-refractivity contribution is 6.02. The number of benzene rings is 3. The molecule has 146 valence electrons. The van der Waals surface area contributed by atoms with E-state index in [1.54, 1.807) is 48.5 Å². The van der Waals surface area contributed by atoms with Crippen LogP contribution in [0.25, 0.3) is 0 Å². The van der Waals surface area contributed by atoms with Crippen molar-refractivity contribution < 1.29 is 14.4 Å². The zero-order chi connectivity index (χ0) is 20.6. The molecular weight excluding hydrogens is 364 g/mol. The molecule has 0 aliphatic heterocycles. The third kappa shape index (κ3) is 5.62. The molecule has 3 aromatic carbocycles. The number of hydrogen-bond acceptors (Lipinski definition) is 3. The second-order valence-electron chi connectivity index (χ2n) is 6.71. The van der Waals surface area contributed by atoms with Gasteiger partial charge in [0.15, 0.2) is 5.78 Å². The van der Waals surface area contributed by atoms with Crippen LogP contribution in [0.4, 0.5) is 5.69 Å². The van der Waals surface area contributed by atoms with Crippen molar-refractivity contribution in [3.63, 3.8) is 0 Å². The molecule has 0 aliphatic rings. The fourth-order valence-corrected chi connectivity index (χ4v) is 2.94. The normalized spacial score (nSPS) is 11.3. The number of amides is 2. The Morgan fingerprint density at radius 3 is 2.07 bits per heavy atom. The first-order valence-electron chi connectivity index (χ1n) is 9.34. The standard InChI is InChI=1S/C24H22N2O3/c1-17(27)20-13-8-14-21(16-20)25-24(29)22(15-18-9-4-2-5-10-18)26-23(28)19-11-6-3-7-12-19/h2-14,16,22H,15H2,1H3,(H,25,29)(H,26,28)/t22-/m1/s1. The van der Waals surface area contributed by atoms with Gasteiger partial charge in [0.05, 0.1) is 0 Å². The van der Waals surface area contributed by atoms with E-state index in [4.69, 9.17) is 0 Å². The predicted molar refractivity (Wildman–Crippen MR) is 113 cm³/mol. The van der Waals surface area contributed by atoms with Crippen LogP contribution < -0.4 is 10.6 Å². The molecule has 0 radical (unpaired) electrons. The SMILES string of the molecule is CC(=O)c1cccc(NC(=O)[C@@H](Cc2ccccc2)NC(=O)c2ccccc2)c1. The summed E-state index contributed by atoms with van der Waals surface area (Å²) in [6.07, 6.45) is 0.345. The first-order valence-corrected chi connectivity index (χ1v) is 9.34. The maximum atomic E-state index is 13.0. The van der Waals surface area contributed by atoms with Crippen LogP contribution >= 0.6 is 0 Å². The van der Waals surface area contributed by atoms with Crippen molar-refractivity contribution in [1.82, 2.24) is 5.32 Å². The van der Waals surface area contributed by atoms with E-state index >= 15 is 0 Å². The third-order valence-corrected chi connectivity index (χ3v) is 4.48. The first-order chi connectivity index (χ1) is 14.0. The summed E-state index contributed by atoms with van der Waals surface area (Å²) in [5.74, 6) is -0.752. The van der Waals surface area contributed by atoms with Crippen molar-refractivity contribution in [3.05, 3.63) is 102 Å². The van der Waals surface area contributed by atoms with Gasteiger partial charge in [0.1, 0.15) is 6.04 Å². The van der Waals surface area contributed by atoms with Crippen molar-refractivity contribution >= 4 is 23.3 Å². The van der Waals surface area contributed by atoms with Gasteiger partial charge in [-0.2, -0.15) is 0 Å². The number of carbonyl (C=O) groups excluding carboxylic acids is 3. The molecule has 0 saturated carbocycles. The van der Waals surface area contributed by atoms with E-state index < -0.39 is 6.04 Å². The molecule has 0 fully saturated rings. The summed E-state index contributed by atoms with van der Waals surface area (Å²) >= 11 is 0. The Kier molecular flexibility index (Phi) is 6.53. The lowest BCUT2D eigenvalue weighted by Crippen LogP contribution is -2.45. The number of nitrogens with one attached hydrogen (secondary N) is 2. The van der Waals surface area contributed by atoms with E-state index in [-0.39, 0.29) is 17.6 Å². The van der Waals surface area contributed by atoms with Crippen LogP contribution in [0.15, 0.2) is 84.9 Å². The molecule has 0 aliphatic carbocycles. The minimum atomic E-state index is -0.772. The molecule has 5 nitrogen and oxygen atoms in total. The molecule has 3 rings (SSSR count). The topological polar surface area (TPSA) is 75.3 Å². The van der Waals surface area contributed by atoms with Gasteiger partial charge >= 0.3 is 0 Å². The van der Waals surface area contributed by atoms with Gasteiger partial charge in [-0.05, 0) is 36.8 Å². The molecule has 0 heterocycles. The molecular formula is C24H22N2O3. The average molecular weight is 386 g/mol. The van der Waals surface area contributed by atoms with Crippen LogP contribution in [-0.2, 0) is 11.2 Å². The van der Waals surface area contributed by atoms with Crippen molar-refractivity contribution in [3.8, 4) is 0 Å². The van der Waals surface area contributed by atoms with E-state index in [1.165, 1.54) is 6.92 Å². The lowest BCUT2D eigenvalue weighted by molar-refractivity contribution is -0.118. The minimum absolute atomic E-state index is 0.0840. The molecule has 2 amide bonds. The Morgan fingerprint density at radius 1 is 0.793 bits per heavy atom. The van der Waals surface area contributed by atoms with E-state index in [2.05, 4.69) is 10.6 Å². The summed E-state index contributed by atoms with van der Waals surface area (Å²) in [4.78, 5) is 37.2. The van der Waals surface area contributed by atoms with Crippen molar-refractivity contribution in [2.24, 2.45) is 0 Å². The Morgan fingerprint density at radius 2 is 1.41 bits per heavy atom. The summed E-state index contributed by atoms with van der Waals surface area (Å²) in [5.41, 5.74) is 2.43. The predicted octanol–water partition coefficient (Wildman–Crippen LogP) is 3.87. The summed E-state index contributed by atoms with van der Waals surface area (Å²) in [5, 5.41) is 5.63.